The molecule has 0 radical (unpaired) electrons. The first-order chi connectivity index (χ1) is 9.09. The quantitative estimate of drug-likeness (QED) is 0.608. The molecule has 1 aromatic carbocycles. The molecule has 8 heteroatoms. The summed E-state index contributed by atoms with van der Waals surface area (Å²) in [6, 6.07) is 3.01. The highest BCUT2D eigenvalue weighted by atomic mass is 79.9. The van der Waals surface area contributed by atoms with E-state index in [9.17, 15) is 8.42 Å². The summed E-state index contributed by atoms with van der Waals surface area (Å²) in [5, 5.41) is 0.993. The topological polar surface area (TPSA) is 46.2 Å². The Morgan fingerprint density at radius 1 is 1.25 bits per heavy atom. The second-order valence-electron chi connectivity index (χ2n) is 5.13. The molecule has 114 valence electrons. The van der Waals surface area contributed by atoms with Crippen LogP contribution < -0.4 is 4.72 Å². The molecule has 0 saturated heterocycles. The van der Waals surface area contributed by atoms with E-state index in [0.29, 0.717) is 11.0 Å². The lowest BCUT2D eigenvalue weighted by atomic mass is 9.91. The van der Waals surface area contributed by atoms with Crippen molar-refractivity contribution < 1.29 is 8.42 Å². The zero-order chi connectivity index (χ0) is 15.6. The molecular formula is C12H15Br2Cl2NO2S. The van der Waals surface area contributed by atoms with Crippen LogP contribution in [0.2, 0.25) is 10.0 Å². The molecule has 0 spiro atoms. The molecule has 1 aromatic rings. The predicted molar refractivity (Wildman–Crippen MR) is 91.5 cm³/mol. The summed E-state index contributed by atoms with van der Waals surface area (Å²) < 4.78 is 27.9. The summed E-state index contributed by atoms with van der Waals surface area (Å²) in [5.74, 6) is 0. The van der Waals surface area contributed by atoms with Crippen LogP contribution in [-0.2, 0) is 10.0 Å². The largest absolute Gasteiger partial charge is 0.243 e. The van der Waals surface area contributed by atoms with E-state index in [2.05, 4.69) is 36.6 Å². The van der Waals surface area contributed by atoms with Crippen LogP contribution in [0.1, 0.15) is 20.3 Å². The highest BCUT2D eigenvalue weighted by Gasteiger charge is 2.25. The fourth-order valence-corrected chi connectivity index (χ4v) is 5.74. The number of benzene rings is 1. The van der Waals surface area contributed by atoms with Gasteiger partial charge in [-0.15, -0.1) is 0 Å². The van der Waals surface area contributed by atoms with E-state index in [4.69, 9.17) is 23.2 Å². The van der Waals surface area contributed by atoms with Crippen molar-refractivity contribution in [3.63, 3.8) is 0 Å². The second-order valence-corrected chi connectivity index (χ2v) is 9.35. The van der Waals surface area contributed by atoms with Gasteiger partial charge in [-0.2, -0.15) is 0 Å². The third kappa shape index (κ3) is 5.14. The maximum absolute atomic E-state index is 12.3. The van der Waals surface area contributed by atoms with E-state index >= 15 is 0 Å². The average molecular weight is 468 g/mol. The highest BCUT2D eigenvalue weighted by Crippen LogP contribution is 2.33. The molecule has 0 heterocycles. The van der Waals surface area contributed by atoms with Gasteiger partial charge in [0.05, 0.1) is 10.0 Å². The monoisotopic (exact) mass is 465 g/mol. The average Bonchev–Trinajstić information content (AvgIpc) is 2.24. The Labute approximate surface area is 146 Å². The standard InChI is InChI=1S/C12H15Br2Cl2NO2S/c1-12(2,3-4-13)7-17-20(18,19)11-9(15)5-8(14)6-10(11)16/h5-6,17H,3-4,7H2,1-2H3. The number of hydrogen-bond donors (Lipinski definition) is 1. The molecule has 0 unspecified atom stereocenters. The third-order valence-electron chi connectivity index (χ3n) is 2.74. The molecule has 0 bridgehead atoms. The Bertz CT molecular complexity index is 568. The van der Waals surface area contributed by atoms with Crippen LogP contribution in [0.4, 0.5) is 0 Å². The van der Waals surface area contributed by atoms with Gasteiger partial charge >= 0.3 is 0 Å². The van der Waals surface area contributed by atoms with Crippen molar-refractivity contribution in [2.75, 3.05) is 11.9 Å². The van der Waals surface area contributed by atoms with Gasteiger partial charge in [-0.3, -0.25) is 0 Å². The first-order valence-electron chi connectivity index (χ1n) is 5.79. The second kappa shape index (κ2) is 7.29. The van der Waals surface area contributed by atoms with Gasteiger partial charge < -0.3 is 0 Å². The molecule has 3 nitrogen and oxygen atoms in total. The lowest BCUT2D eigenvalue weighted by Gasteiger charge is -2.24. The van der Waals surface area contributed by atoms with E-state index in [-0.39, 0.29) is 20.4 Å². The maximum Gasteiger partial charge on any atom is 0.243 e. The zero-order valence-electron chi connectivity index (χ0n) is 11.0. The number of hydrogen-bond acceptors (Lipinski definition) is 2. The van der Waals surface area contributed by atoms with Crippen LogP contribution >= 0.6 is 55.1 Å². The minimum Gasteiger partial charge on any atom is -0.211 e. The molecule has 20 heavy (non-hydrogen) atoms. The lowest BCUT2D eigenvalue weighted by molar-refractivity contribution is 0.354. The van der Waals surface area contributed by atoms with Crippen molar-refractivity contribution in [3.05, 3.63) is 26.7 Å². The van der Waals surface area contributed by atoms with Crippen molar-refractivity contribution in [3.8, 4) is 0 Å². The summed E-state index contributed by atoms with van der Waals surface area (Å²) in [7, 11) is -3.74. The third-order valence-corrected chi connectivity index (χ3v) is 5.92. The molecule has 0 aliphatic heterocycles. The van der Waals surface area contributed by atoms with Gasteiger partial charge in [0.2, 0.25) is 10.0 Å². The summed E-state index contributed by atoms with van der Waals surface area (Å²) >= 11 is 18.6. The van der Waals surface area contributed by atoms with Crippen LogP contribution in [-0.4, -0.2) is 20.3 Å². The lowest BCUT2D eigenvalue weighted by Crippen LogP contribution is -2.34. The number of alkyl halides is 1. The zero-order valence-corrected chi connectivity index (χ0v) is 16.5. The van der Waals surface area contributed by atoms with Gasteiger partial charge in [0.1, 0.15) is 4.90 Å². The SMILES string of the molecule is CC(C)(CCBr)CNS(=O)(=O)c1c(Cl)cc(Br)cc1Cl. The molecule has 0 amide bonds. The van der Waals surface area contributed by atoms with Crippen molar-refractivity contribution in [1.82, 2.24) is 4.72 Å². The number of halogens is 4. The fraction of sp³-hybridized carbons (Fsp3) is 0.500. The predicted octanol–water partition coefficient (Wildman–Crippen LogP) is 4.85. The van der Waals surface area contributed by atoms with Crippen LogP contribution in [0, 0.1) is 5.41 Å². The van der Waals surface area contributed by atoms with Crippen molar-refractivity contribution in [2.24, 2.45) is 5.41 Å². The van der Waals surface area contributed by atoms with Gasteiger partial charge in [0, 0.05) is 16.3 Å². The Balaban J connectivity index is 3.01. The molecule has 0 aromatic heterocycles. The summed E-state index contributed by atoms with van der Waals surface area (Å²) in [4.78, 5) is -0.0846. The van der Waals surface area contributed by atoms with Crippen LogP contribution in [0.3, 0.4) is 0 Å². The van der Waals surface area contributed by atoms with Crippen LogP contribution in [0.25, 0.3) is 0 Å². The Morgan fingerprint density at radius 2 is 1.75 bits per heavy atom. The van der Waals surface area contributed by atoms with Crippen molar-refractivity contribution >= 4 is 65.1 Å². The molecular weight excluding hydrogens is 453 g/mol. The minimum absolute atomic E-state index is 0.0846. The van der Waals surface area contributed by atoms with Crippen LogP contribution in [0.15, 0.2) is 21.5 Å². The number of nitrogens with one attached hydrogen (secondary N) is 1. The molecule has 0 saturated carbocycles. The van der Waals surface area contributed by atoms with Crippen LogP contribution in [0.5, 0.6) is 0 Å². The van der Waals surface area contributed by atoms with Gasteiger partial charge in [-0.05, 0) is 24.0 Å². The molecule has 0 aliphatic carbocycles. The van der Waals surface area contributed by atoms with Crippen molar-refractivity contribution in [2.45, 2.75) is 25.2 Å². The van der Waals surface area contributed by atoms with E-state index in [1.165, 1.54) is 12.1 Å². The molecule has 1 rings (SSSR count). The highest BCUT2D eigenvalue weighted by molar-refractivity contribution is 9.10. The number of rotatable bonds is 6. The van der Waals surface area contributed by atoms with Gasteiger partial charge in [-0.1, -0.05) is 68.9 Å². The van der Waals surface area contributed by atoms with E-state index < -0.39 is 10.0 Å². The molecule has 0 atom stereocenters. The first kappa shape index (κ1) is 18.7. The summed E-state index contributed by atoms with van der Waals surface area (Å²) in [5.41, 5.74) is -0.162. The van der Waals surface area contributed by atoms with Gasteiger partial charge in [-0.25, -0.2) is 13.1 Å². The fourth-order valence-electron chi connectivity index (χ4n) is 1.49. The Kier molecular flexibility index (Phi) is 6.82. The number of sulfonamides is 1. The molecule has 0 aliphatic rings. The summed E-state index contributed by atoms with van der Waals surface area (Å²) in [6.45, 7) is 4.28. The molecule has 0 fully saturated rings. The summed E-state index contributed by atoms with van der Waals surface area (Å²) in [6.07, 6.45) is 0.845. The Morgan fingerprint density at radius 3 is 2.20 bits per heavy atom. The Hall–Kier alpha value is 0.670. The normalized spacial score (nSPS) is 12.7. The van der Waals surface area contributed by atoms with Gasteiger partial charge in [0.15, 0.2) is 0 Å². The van der Waals surface area contributed by atoms with E-state index in [1.807, 2.05) is 13.8 Å². The minimum atomic E-state index is -3.74. The molecule has 1 N–H and O–H groups in total. The van der Waals surface area contributed by atoms with Crippen molar-refractivity contribution in [1.29, 1.82) is 0 Å². The first-order valence-corrected chi connectivity index (χ1v) is 9.94. The maximum atomic E-state index is 12.3. The van der Waals surface area contributed by atoms with E-state index in [0.717, 1.165) is 11.8 Å². The van der Waals surface area contributed by atoms with Gasteiger partial charge in [0.25, 0.3) is 0 Å². The smallest absolute Gasteiger partial charge is 0.211 e. The van der Waals surface area contributed by atoms with E-state index in [1.54, 1.807) is 0 Å².